The van der Waals surface area contributed by atoms with E-state index in [0.717, 1.165) is 25.2 Å². The van der Waals surface area contributed by atoms with Gasteiger partial charge in [0.15, 0.2) is 0 Å². The van der Waals surface area contributed by atoms with Crippen molar-refractivity contribution in [3.63, 3.8) is 0 Å². The Morgan fingerprint density at radius 1 is 1.45 bits per heavy atom. The lowest BCUT2D eigenvalue weighted by Gasteiger charge is -2.31. The lowest BCUT2D eigenvalue weighted by Crippen LogP contribution is -2.35. The van der Waals surface area contributed by atoms with Gasteiger partial charge in [0.1, 0.15) is 0 Å². The molecule has 0 aliphatic carbocycles. The number of nitrogens with zero attached hydrogens (tertiary/aromatic N) is 3. The molecule has 1 unspecified atom stereocenters. The highest BCUT2D eigenvalue weighted by atomic mass is 32.1. The fourth-order valence-corrected chi connectivity index (χ4v) is 3.74. The number of hydrogen-bond donors (Lipinski definition) is 1. The van der Waals surface area contributed by atoms with Crippen LogP contribution in [0.15, 0.2) is 11.6 Å². The Bertz CT molecular complexity index is 560. The van der Waals surface area contributed by atoms with E-state index in [1.54, 1.807) is 11.3 Å². The molecule has 3 rings (SSSR count). The lowest BCUT2D eigenvalue weighted by atomic mass is 9.94. The van der Waals surface area contributed by atoms with Crippen molar-refractivity contribution in [3.8, 4) is 0 Å². The van der Waals surface area contributed by atoms with Gasteiger partial charge in [-0.25, -0.2) is 4.98 Å². The van der Waals surface area contributed by atoms with Gasteiger partial charge in [0, 0.05) is 29.6 Å². The fraction of sp³-hybridized carbons (Fsp3) is 0.600. The Labute approximate surface area is 124 Å². The molecule has 3 heterocycles. The molecule has 20 heavy (non-hydrogen) atoms. The molecule has 0 spiro atoms. The monoisotopic (exact) mass is 290 g/mol. The SMILES string of the molecule is Cc1cc(C2CCCN(CCc3scnc3C)C2)n[nH]1. The van der Waals surface area contributed by atoms with Gasteiger partial charge in [0.25, 0.3) is 0 Å². The summed E-state index contributed by atoms with van der Waals surface area (Å²) in [6.45, 7) is 7.68. The van der Waals surface area contributed by atoms with Crippen LogP contribution < -0.4 is 0 Å². The first kappa shape index (κ1) is 13.8. The van der Waals surface area contributed by atoms with Crippen molar-refractivity contribution < 1.29 is 0 Å². The van der Waals surface area contributed by atoms with Crippen LogP contribution in [0.2, 0.25) is 0 Å². The van der Waals surface area contributed by atoms with E-state index in [-0.39, 0.29) is 0 Å². The van der Waals surface area contributed by atoms with Gasteiger partial charge in [-0.1, -0.05) is 0 Å². The lowest BCUT2D eigenvalue weighted by molar-refractivity contribution is 0.208. The van der Waals surface area contributed by atoms with Gasteiger partial charge in [-0.05, 0) is 45.7 Å². The first-order valence-electron chi connectivity index (χ1n) is 7.35. The Balaban J connectivity index is 1.57. The number of rotatable bonds is 4. The standard InChI is InChI=1S/C15H22N4S/c1-11-8-14(18-17-11)13-4-3-6-19(9-13)7-5-15-12(2)16-10-20-15/h8,10,13H,3-7,9H2,1-2H3,(H,17,18). The van der Waals surface area contributed by atoms with Crippen LogP contribution in [0.5, 0.6) is 0 Å². The van der Waals surface area contributed by atoms with E-state index in [1.165, 1.54) is 35.7 Å². The zero-order valence-corrected chi connectivity index (χ0v) is 13.0. The van der Waals surface area contributed by atoms with Crippen LogP contribution in [0.4, 0.5) is 0 Å². The number of piperidine rings is 1. The number of aromatic nitrogens is 3. The molecule has 0 bridgehead atoms. The maximum absolute atomic E-state index is 4.44. The molecule has 1 aliphatic heterocycles. The third-order valence-electron chi connectivity index (χ3n) is 4.15. The summed E-state index contributed by atoms with van der Waals surface area (Å²) in [6, 6.07) is 2.20. The fourth-order valence-electron chi connectivity index (χ4n) is 2.97. The molecule has 1 atom stereocenters. The van der Waals surface area contributed by atoms with Gasteiger partial charge >= 0.3 is 0 Å². The second-order valence-electron chi connectivity index (χ2n) is 5.73. The Morgan fingerprint density at radius 2 is 2.35 bits per heavy atom. The van der Waals surface area contributed by atoms with Crippen LogP contribution in [-0.4, -0.2) is 39.7 Å². The van der Waals surface area contributed by atoms with E-state index in [9.17, 15) is 0 Å². The van der Waals surface area contributed by atoms with E-state index in [1.807, 2.05) is 5.51 Å². The van der Waals surface area contributed by atoms with Crippen LogP contribution in [-0.2, 0) is 6.42 Å². The summed E-state index contributed by atoms with van der Waals surface area (Å²) in [7, 11) is 0. The maximum Gasteiger partial charge on any atom is 0.0797 e. The average Bonchev–Trinajstić information content (AvgIpc) is 3.06. The number of nitrogens with one attached hydrogen (secondary N) is 1. The second kappa shape index (κ2) is 6.06. The Hall–Kier alpha value is -1.20. The maximum atomic E-state index is 4.44. The molecular weight excluding hydrogens is 268 g/mol. The predicted molar refractivity (Wildman–Crippen MR) is 82.3 cm³/mol. The van der Waals surface area contributed by atoms with Crippen LogP contribution in [0.3, 0.4) is 0 Å². The molecule has 0 aromatic carbocycles. The molecule has 0 saturated carbocycles. The smallest absolute Gasteiger partial charge is 0.0797 e. The number of thiazole rings is 1. The second-order valence-corrected chi connectivity index (χ2v) is 6.67. The summed E-state index contributed by atoms with van der Waals surface area (Å²) in [4.78, 5) is 8.35. The van der Waals surface area contributed by atoms with E-state index < -0.39 is 0 Å². The molecule has 5 heteroatoms. The summed E-state index contributed by atoms with van der Waals surface area (Å²) in [6.07, 6.45) is 3.67. The van der Waals surface area contributed by atoms with Crippen LogP contribution in [0.25, 0.3) is 0 Å². The van der Waals surface area contributed by atoms with Crippen molar-refractivity contribution in [2.45, 2.75) is 39.0 Å². The van der Waals surface area contributed by atoms with Crippen LogP contribution >= 0.6 is 11.3 Å². The molecule has 4 nitrogen and oxygen atoms in total. The molecule has 1 fully saturated rings. The average molecular weight is 290 g/mol. The Kier molecular flexibility index (Phi) is 4.17. The molecule has 0 amide bonds. The first-order chi connectivity index (χ1) is 9.72. The van der Waals surface area contributed by atoms with Gasteiger partial charge in [0.2, 0.25) is 0 Å². The predicted octanol–water partition coefficient (Wildman–Crippen LogP) is 2.91. The van der Waals surface area contributed by atoms with E-state index in [2.05, 4.69) is 40.0 Å². The normalized spacial score (nSPS) is 20.4. The summed E-state index contributed by atoms with van der Waals surface area (Å²) in [5.74, 6) is 0.594. The van der Waals surface area contributed by atoms with Crippen molar-refractivity contribution in [1.29, 1.82) is 0 Å². The van der Waals surface area contributed by atoms with Crippen molar-refractivity contribution in [1.82, 2.24) is 20.1 Å². The molecule has 1 aliphatic rings. The van der Waals surface area contributed by atoms with E-state index in [0.29, 0.717) is 5.92 Å². The number of likely N-dealkylation sites (tertiary alicyclic amines) is 1. The summed E-state index contributed by atoms with van der Waals surface area (Å²) in [5.41, 5.74) is 5.56. The largest absolute Gasteiger partial charge is 0.302 e. The minimum atomic E-state index is 0.594. The van der Waals surface area contributed by atoms with Gasteiger partial charge < -0.3 is 4.90 Å². The molecule has 0 radical (unpaired) electrons. The molecule has 108 valence electrons. The highest BCUT2D eigenvalue weighted by Crippen LogP contribution is 2.26. The molecule has 1 N–H and O–H groups in total. The van der Waals surface area contributed by atoms with Crippen molar-refractivity contribution in [2.75, 3.05) is 19.6 Å². The number of hydrogen-bond acceptors (Lipinski definition) is 4. The number of aryl methyl sites for hydroxylation is 2. The van der Waals surface area contributed by atoms with E-state index in [4.69, 9.17) is 0 Å². The molecule has 1 saturated heterocycles. The molecule has 2 aromatic rings. The number of H-pyrrole nitrogens is 1. The first-order valence-corrected chi connectivity index (χ1v) is 8.23. The minimum absolute atomic E-state index is 0.594. The minimum Gasteiger partial charge on any atom is -0.302 e. The highest BCUT2D eigenvalue weighted by molar-refractivity contribution is 7.09. The Morgan fingerprint density at radius 3 is 3.05 bits per heavy atom. The summed E-state index contributed by atoms with van der Waals surface area (Å²) >= 11 is 1.78. The molecular formula is C15H22N4S. The zero-order valence-electron chi connectivity index (χ0n) is 12.2. The topological polar surface area (TPSA) is 44.8 Å². The van der Waals surface area contributed by atoms with Gasteiger partial charge in [-0.3, -0.25) is 5.10 Å². The molecule has 2 aromatic heterocycles. The third kappa shape index (κ3) is 3.10. The number of aromatic amines is 1. The third-order valence-corrected chi connectivity index (χ3v) is 5.14. The van der Waals surface area contributed by atoms with Crippen LogP contribution in [0, 0.1) is 13.8 Å². The van der Waals surface area contributed by atoms with Gasteiger partial charge in [-0.15, -0.1) is 11.3 Å². The van der Waals surface area contributed by atoms with E-state index >= 15 is 0 Å². The quantitative estimate of drug-likeness (QED) is 0.941. The van der Waals surface area contributed by atoms with Crippen molar-refractivity contribution in [2.24, 2.45) is 0 Å². The van der Waals surface area contributed by atoms with Crippen molar-refractivity contribution in [3.05, 3.63) is 33.5 Å². The van der Waals surface area contributed by atoms with Gasteiger partial charge in [-0.2, -0.15) is 5.10 Å². The van der Waals surface area contributed by atoms with Crippen molar-refractivity contribution >= 4 is 11.3 Å². The van der Waals surface area contributed by atoms with Crippen LogP contribution in [0.1, 0.15) is 40.7 Å². The zero-order chi connectivity index (χ0) is 13.9. The summed E-state index contributed by atoms with van der Waals surface area (Å²) < 4.78 is 0. The highest BCUT2D eigenvalue weighted by Gasteiger charge is 2.23. The van der Waals surface area contributed by atoms with Gasteiger partial charge in [0.05, 0.1) is 16.9 Å². The summed E-state index contributed by atoms with van der Waals surface area (Å²) in [5, 5.41) is 7.51.